The largest absolute Gasteiger partial charge is 0.506 e. The Bertz CT molecular complexity index is 1400. The van der Waals surface area contributed by atoms with E-state index in [1.54, 1.807) is 13.0 Å². The molecule has 2 saturated heterocycles. The van der Waals surface area contributed by atoms with Crippen molar-refractivity contribution in [1.29, 1.82) is 0 Å². The van der Waals surface area contributed by atoms with Crippen LogP contribution in [0.2, 0.25) is 0 Å². The second kappa shape index (κ2) is 13.8. The number of phenolic OH excluding ortho intramolecular Hbond substituents is 1. The molecule has 2 aliphatic heterocycles. The molecule has 42 heavy (non-hydrogen) atoms. The number of carbonyl (C=O) groups is 3. The summed E-state index contributed by atoms with van der Waals surface area (Å²) in [6.07, 6.45) is 2.21. The number of aliphatic hydroxyl groups excluding tert-OH is 1. The van der Waals surface area contributed by atoms with Crippen molar-refractivity contribution in [2.75, 3.05) is 48.7 Å². The summed E-state index contributed by atoms with van der Waals surface area (Å²) in [4.78, 5) is 39.9. The Labute approximate surface area is 249 Å². The number of piperidine rings is 1. The highest BCUT2D eigenvalue weighted by atomic mass is 32.2. The van der Waals surface area contributed by atoms with Crippen molar-refractivity contribution in [3.8, 4) is 5.75 Å². The van der Waals surface area contributed by atoms with Crippen LogP contribution in [0.4, 0.5) is 16.2 Å². The second-order valence-corrected chi connectivity index (χ2v) is 13.2. The lowest BCUT2D eigenvalue weighted by Crippen LogP contribution is -2.43. The first-order valence-corrected chi connectivity index (χ1v) is 16.4. The second-order valence-electron chi connectivity index (χ2n) is 10.3. The Hall–Kier alpha value is -3.33. The van der Waals surface area contributed by atoms with Crippen molar-refractivity contribution < 1.29 is 37.8 Å². The third kappa shape index (κ3) is 8.37. The molecule has 0 aliphatic carbocycles. The minimum atomic E-state index is -3.57. The average molecular weight is 621 g/mol. The van der Waals surface area contributed by atoms with Gasteiger partial charge in [-0.1, -0.05) is 30.0 Å². The summed E-state index contributed by atoms with van der Waals surface area (Å²) in [5, 5.41) is 22.9. The van der Waals surface area contributed by atoms with Gasteiger partial charge in [-0.15, -0.1) is 0 Å². The molecule has 0 aromatic heterocycles. The van der Waals surface area contributed by atoms with E-state index < -0.39 is 32.6 Å². The number of hydrogen-bond donors (Lipinski definition) is 4. The van der Waals surface area contributed by atoms with E-state index in [-0.39, 0.29) is 43.1 Å². The topological polar surface area (TPSA) is 166 Å². The van der Waals surface area contributed by atoms with E-state index in [0.29, 0.717) is 12.0 Å². The number of phenols is 1. The molecule has 14 heteroatoms. The van der Waals surface area contributed by atoms with Crippen LogP contribution in [0, 0.1) is 0 Å². The van der Waals surface area contributed by atoms with E-state index in [4.69, 9.17) is 4.74 Å². The van der Waals surface area contributed by atoms with Gasteiger partial charge in [0.25, 0.3) is 5.24 Å². The molecule has 2 aliphatic rings. The van der Waals surface area contributed by atoms with E-state index >= 15 is 0 Å². The number of esters is 1. The number of hydrogen-bond acceptors (Lipinski definition) is 11. The maximum atomic E-state index is 12.7. The first-order valence-electron chi connectivity index (χ1n) is 13.7. The summed E-state index contributed by atoms with van der Waals surface area (Å²) in [6.45, 7) is 3.38. The number of sulfonamides is 1. The zero-order valence-electron chi connectivity index (χ0n) is 23.5. The van der Waals surface area contributed by atoms with Crippen molar-refractivity contribution in [1.82, 2.24) is 10.2 Å². The standard InChI is InChI=1S/C28H36N4O8S2/c1-3-40-26(35)17-32-27(36)25(41-28(32)37)14-18-4-7-21(8-5-18)31-12-10-20(11-13-31)29-16-24(34)19-6-9-23(33)22(15-19)30-42(2,38)39/h4-9,15,20,24-25,29-30,33-34H,3,10-14,16-17H2,1-2H3/t24-,25?/m0/s1. The summed E-state index contributed by atoms with van der Waals surface area (Å²) in [5.41, 5.74) is 2.48. The van der Waals surface area contributed by atoms with Gasteiger partial charge >= 0.3 is 5.97 Å². The molecule has 228 valence electrons. The monoisotopic (exact) mass is 620 g/mol. The SMILES string of the molecule is CCOC(=O)CN1C(=O)SC(Cc2ccc(N3CCC(NC[C@H](O)c4ccc(O)c(NS(C)(=O)=O)c4)CC3)cc2)C1=O. The molecular weight excluding hydrogens is 584 g/mol. The molecule has 0 saturated carbocycles. The van der Waals surface area contributed by atoms with E-state index in [1.165, 1.54) is 12.1 Å². The van der Waals surface area contributed by atoms with Crippen LogP contribution in [0.1, 0.15) is 37.0 Å². The predicted octanol–water partition coefficient (Wildman–Crippen LogP) is 2.23. The van der Waals surface area contributed by atoms with Gasteiger partial charge in [-0.3, -0.25) is 24.0 Å². The molecule has 4 rings (SSSR count). The van der Waals surface area contributed by atoms with Crippen LogP contribution in [0.3, 0.4) is 0 Å². The van der Waals surface area contributed by atoms with Crippen LogP contribution in [-0.2, 0) is 30.8 Å². The van der Waals surface area contributed by atoms with Gasteiger partial charge in [0.05, 0.1) is 29.9 Å². The smallest absolute Gasteiger partial charge is 0.326 e. The van der Waals surface area contributed by atoms with Gasteiger partial charge < -0.3 is 25.2 Å². The van der Waals surface area contributed by atoms with Gasteiger partial charge in [-0.25, -0.2) is 8.42 Å². The quantitative estimate of drug-likeness (QED) is 0.203. The molecule has 1 unspecified atom stereocenters. The van der Waals surface area contributed by atoms with E-state index in [9.17, 15) is 33.0 Å². The average Bonchev–Trinajstić information content (AvgIpc) is 3.20. The number of aliphatic hydroxyl groups is 1. The van der Waals surface area contributed by atoms with Crippen LogP contribution in [-0.4, -0.2) is 91.0 Å². The highest BCUT2D eigenvalue weighted by Gasteiger charge is 2.40. The fraction of sp³-hybridized carbons (Fsp3) is 0.464. The highest BCUT2D eigenvalue weighted by molar-refractivity contribution is 8.15. The Kier molecular flexibility index (Phi) is 10.4. The Morgan fingerprint density at radius 2 is 1.83 bits per heavy atom. The lowest BCUT2D eigenvalue weighted by atomic mass is 10.0. The number of ether oxygens (including phenoxy) is 1. The zero-order valence-corrected chi connectivity index (χ0v) is 25.1. The zero-order chi connectivity index (χ0) is 30.4. The molecule has 2 fully saturated rings. The number of anilines is 2. The number of nitrogens with one attached hydrogen (secondary N) is 2. The lowest BCUT2D eigenvalue weighted by Gasteiger charge is -2.34. The molecule has 2 atom stereocenters. The van der Waals surface area contributed by atoms with Gasteiger partial charge in [-0.2, -0.15) is 0 Å². The maximum Gasteiger partial charge on any atom is 0.326 e. The predicted molar refractivity (Wildman–Crippen MR) is 160 cm³/mol. The molecule has 2 heterocycles. The van der Waals surface area contributed by atoms with E-state index in [0.717, 1.165) is 60.1 Å². The Balaban J connectivity index is 1.23. The van der Waals surface area contributed by atoms with Gasteiger partial charge in [0.1, 0.15) is 12.3 Å². The molecule has 2 amide bonds. The number of nitrogens with zero attached hydrogens (tertiary/aromatic N) is 2. The van der Waals surface area contributed by atoms with E-state index in [1.807, 2.05) is 24.3 Å². The lowest BCUT2D eigenvalue weighted by molar-refractivity contribution is -0.146. The van der Waals surface area contributed by atoms with Gasteiger partial charge in [0.2, 0.25) is 15.9 Å². The summed E-state index contributed by atoms with van der Waals surface area (Å²) >= 11 is 0.934. The van der Waals surface area contributed by atoms with Gasteiger partial charge in [0.15, 0.2) is 0 Å². The van der Waals surface area contributed by atoms with Crippen molar-refractivity contribution in [3.05, 3.63) is 53.6 Å². The van der Waals surface area contributed by atoms with Crippen LogP contribution in [0.5, 0.6) is 5.75 Å². The normalized spacial score (nSPS) is 18.8. The highest BCUT2D eigenvalue weighted by Crippen LogP contribution is 2.31. The van der Waals surface area contributed by atoms with E-state index in [2.05, 4.69) is 14.9 Å². The fourth-order valence-electron chi connectivity index (χ4n) is 4.94. The minimum Gasteiger partial charge on any atom is -0.506 e. The summed E-state index contributed by atoms with van der Waals surface area (Å²) < 4.78 is 30.1. The summed E-state index contributed by atoms with van der Waals surface area (Å²) in [5.74, 6) is -1.20. The van der Waals surface area contributed by atoms with Gasteiger partial charge in [0, 0.05) is 31.4 Å². The first-order chi connectivity index (χ1) is 19.9. The number of rotatable bonds is 12. The van der Waals surface area contributed by atoms with Crippen LogP contribution in [0.25, 0.3) is 0 Å². The third-order valence-corrected chi connectivity index (χ3v) is 8.78. The number of thioether (sulfide) groups is 1. The maximum absolute atomic E-state index is 12.7. The number of imide groups is 1. The molecule has 0 spiro atoms. The summed E-state index contributed by atoms with van der Waals surface area (Å²) in [6, 6.07) is 12.4. The number of aromatic hydroxyl groups is 1. The molecule has 0 radical (unpaired) electrons. The number of amides is 2. The Morgan fingerprint density at radius 1 is 1.14 bits per heavy atom. The van der Waals surface area contributed by atoms with Crippen LogP contribution >= 0.6 is 11.8 Å². The molecule has 2 aromatic carbocycles. The van der Waals surface area contributed by atoms with Crippen molar-refractivity contribution in [2.45, 2.75) is 43.6 Å². The van der Waals surface area contributed by atoms with Crippen molar-refractivity contribution in [2.24, 2.45) is 0 Å². The summed E-state index contributed by atoms with van der Waals surface area (Å²) in [7, 11) is -3.57. The molecule has 2 aromatic rings. The number of benzene rings is 2. The van der Waals surface area contributed by atoms with Crippen molar-refractivity contribution in [3.63, 3.8) is 0 Å². The van der Waals surface area contributed by atoms with Crippen LogP contribution < -0.4 is 14.9 Å². The molecule has 0 bridgehead atoms. The Morgan fingerprint density at radius 3 is 2.48 bits per heavy atom. The minimum absolute atomic E-state index is 0.0198. The molecular formula is C28H36N4O8S2. The fourth-order valence-corrected chi connectivity index (χ4v) is 6.54. The van der Waals surface area contributed by atoms with Crippen LogP contribution in [0.15, 0.2) is 42.5 Å². The molecule has 4 N–H and O–H groups in total. The first kappa shape index (κ1) is 31.6. The molecule has 12 nitrogen and oxygen atoms in total. The van der Waals surface area contributed by atoms with Crippen molar-refractivity contribution >= 4 is 50.3 Å². The third-order valence-electron chi connectivity index (χ3n) is 7.12. The number of carbonyl (C=O) groups excluding carboxylic acids is 3. The van der Waals surface area contributed by atoms with Gasteiger partial charge in [-0.05, 0) is 61.6 Å².